The Labute approximate surface area is 206 Å². The van der Waals surface area contributed by atoms with Gasteiger partial charge in [0.25, 0.3) is 0 Å². The van der Waals surface area contributed by atoms with Crippen molar-refractivity contribution in [3.63, 3.8) is 0 Å². The number of hydrogen-bond donors (Lipinski definition) is 4. The molecule has 0 aromatic heterocycles. The monoisotopic (exact) mass is 486 g/mol. The number of alkyl halides is 1. The number of nitrogens with one attached hydrogen (secondary N) is 1. The number of allylic oxidation sites excluding steroid dienone is 2. The average molecular weight is 487 g/mol. The summed E-state index contributed by atoms with van der Waals surface area (Å²) in [5, 5.41) is 19.4. The Bertz CT molecular complexity index is 609. The zero-order chi connectivity index (χ0) is 24.3. The molecule has 2 aliphatic carbocycles. The van der Waals surface area contributed by atoms with Gasteiger partial charge in [-0.05, 0) is 57.6 Å². The molecule has 1 aliphatic heterocycles. The van der Waals surface area contributed by atoms with E-state index < -0.39 is 6.67 Å². The van der Waals surface area contributed by atoms with Crippen molar-refractivity contribution >= 4 is 0 Å². The quantitative estimate of drug-likeness (QED) is 0.202. The summed E-state index contributed by atoms with van der Waals surface area (Å²) in [6.45, 7) is 11.7. The summed E-state index contributed by atoms with van der Waals surface area (Å²) in [5.41, 5.74) is 3.36. The van der Waals surface area contributed by atoms with Gasteiger partial charge in [0, 0.05) is 49.4 Å². The molecule has 1 unspecified atom stereocenters. The van der Waals surface area contributed by atoms with E-state index in [0.717, 1.165) is 51.0 Å². The van der Waals surface area contributed by atoms with Gasteiger partial charge < -0.3 is 26.1 Å². The van der Waals surface area contributed by atoms with Crippen molar-refractivity contribution in [2.24, 2.45) is 11.8 Å². The molecule has 1 saturated heterocycles. The smallest absolute Gasteiger partial charge is 0.110 e. The van der Waals surface area contributed by atoms with Gasteiger partial charge in [0.05, 0.1) is 6.61 Å². The summed E-state index contributed by atoms with van der Waals surface area (Å²) in [7, 11) is 0. The first kappa shape index (κ1) is 31.0. The molecule has 6 N–H and O–H groups in total. The van der Waals surface area contributed by atoms with Crippen molar-refractivity contribution in [2.45, 2.75) is 90.4 Å². The lowest BCUT2D eigenvalue weighted by molar-refractivity contribution is -0.101. The molecule has 3 rings (SSSR count). The van der Waals surface area contributed by atoms with Crippen LogP contribution in [0.2, 0.25) is 0 Å². The molecule has 2 saturated carbocycles. The first-order valence-electron chi connectivity index (χ1n) is 13.0. The van der Waals surface area contributed by atoms with Crippen LogP contribution >= 0.6 is 0 Å². The lowest BCUT2D eigenvalue weighted by atomic mass is 9.78. The predicted octanol–water partition coefficient (Wildman–Crippen LogP) is 4.65. The molecule has 0 amide bonds. The topological polar surface area (TPSA) is 103 Å². The van der Waals surface area contributed by atoms with Gasteiger partial charge in [0.1, 0.15) is 12.9 Å². The molecular weight excluding hydrogens is 435 g/mol. The first-order valence-corrected chi connectivity index (χ1v) is 13.0. The maximum Gasteiger partial charge on any atom is 0.110 e. The number of rotatable bonds is 10. The summed E-state index contributed by atoms with van der Waals surface area (Å²) in [6, 6.07) is 0.246. The van der Waals surface area contributed by atoms with Crippen molar-refractivity contribution in [3.8, 4) is 0 Å². The number of nitrogens with zero attached hydrogens (tertiary/aromatic N) is 2. The van der Waals surface area contributed by atoms with E-state index >= 15 is 0 Å². The Kier molecular flexibility index (Phi) is 14.5. The second kappa shape index (κ2) is 15.9. The molecule has 0 aromatic rings. The fourth-order valence-electron chi connectivity index (χ4n) is 5.06. The van der Waals surface area contributed by atoms with Crippen LogP contribution in [0, 0.1) is 11.8 Å². The number of aliphatic hydroxyl groups excluding tert-OH is 1. The maximum absolute atomic E-state index is 12.9. The van der Waals surface area contributed by atoms with Crippen LogP contribution in [-0.4, -0.2) is 77.4 Å². The molecule has 7 nitrogen and oxygen atoms in total. The molecule has 0 spiro atoms. The Morgan fingerprint density at radius 2 is 1.91 bits per heavy atom. The van der Waals surface area contributed by atoms with E-state index in [2.05, 4.69) is 36.1 Å². The molecule has 200 valence electrons. The third-order valence-electron chi connectivity index (χ3n) is 7.71. The van der Waals surface area contributed by atoms with Crippen molar-refractivity contribution in [1.29, 1.82) is 0 Å². The molecule has 1 heterocycles. The minimum absolute atomic E-state index is 0. The number of halogens is 1. The van der Waals surface area contributed by atoms with E-state index in [1.807, 2.05) is 19.1 Å². The molecule has 0 aromatic carbocycles. The third kappa shape index (κ3) is 9.21. The molecular formula is C26H51FN4O3. The number of hydroxylamine groups is 1. The van der Waals surface area contributed by atoms with E-state index in [-0.39, 0.29) is 24.0 Å². The Balaban J connectivity index is 0.000000618. The summed E-state index contributed by atoms with van der Waals surface area (Å²) < 4.78 is 18.3. The standard InChI is InChI=1S/C21H37FN2O2.C5H11NO.H3N/c1-4-26-15-7-9-19(11-12-22)23-13-14-24(18(3)16-23)21(25)20-10-6-5-8-17(20)2;1-2-5(6-7)3-4-5;/h7,9,11,17-18,20-21,25H,4-6,8,10,12-16H2,1-3H3;6-7H,2-4H2,1H3;1H3/b9-7-,19-11+;;/t17-,18-,20-,21?;;/m1../s1. The Hall–Kier alpha value is -1.03. The first-order chi connectivity index (χ1) is 15.9. The fraction of sp³-hybridized carbons (Fsp3) is 0.846. The van der Waals surface area contributed by atoms with E-state index in [0.29, 0.717) is 25.0 Å². The molecule has 8 heteroatoms. The molecule has 3 aliphatic rings. The van der Waals surface area contributed by atoms with Crippen LogP contribution in [0.25, 0.3) is 0 Å². The normalized spacial score (nSPS) is 28.1. The molecule has 3 fully saturated rings. The fourth-order valence-corrected chi connectivity index (χ4v) is 5.06. The van der Waals surface area contributed by atoms with Gasteiger partial charge in [-0.25, -0.2) is 4.39 Å². The van der Waals surface area contributed by atoms with E-state index in [1.54, 1.807) is 6.08 Å². The summed E-state index contributed by atoms with van der Waals surface area (Å²) in [6.07, 6.45) is 13.4. The highest BCUT2D eigenvalue weighted by Crippen LogP contribution is 2.37. The average Bonchev–Trinajstić information content (AvgIpc) is 3.62. The number of aliphatic hydroxyl groups is 1. The van der Waals surface area contributed by atoms with E-state index in [4.69, 9.17) is 9.94 Å². The van der Waals surface area contributed by atoms with Crippen LogP contribution in [0.3, 0.4) is 0 Å². The summed E-state index contributed by atoms with van der Waals surface area (Å²) in [4.78, 5) is 4.47. The predicted molar refractivity (Wildman–Crippen MR) is 137 cm³/mol. The van der Waals surface area contributed by atoms with Gasteiger partial charge in [-0.15, -0.1) is 0 Å². The van der Waals surface area contributed by atoms with Crippen LogP contribution in [0.4, 0.5) is 4.39 Å². The minimum atomic E-state index is -0.467. The second-order valence-corrected chi connectivity index (χ2v) is 9.96. The van der Waals surface area contributed by atoms with Crippen LogP contribution in [-0.2, 0) is 4.74 Å². The van der Waals surface area contributed by atoms with Crippen molar-refractivity contribution < 1.29 is 19.4 Å². The highest BCUT2D eigenvalue weighted by Gasteiger charge is 2.40. The molecule has 34 heavy (non-hydrogen) atoms. The van der Waals surface area contributed by atoms with E-state index in [1.165, 1.54) is 19.3 Å². The van der Waals surface area contributed by atoms with Crippen LogP contribution < -0.4 is 11.6 Å². The SMILES string of the molecule is CCC1(NO)CC1.CCOC/C=C\C(=C/CF)N1CCN(C(O)[C@@H]2CCCC[C@H]2C)[C@H](C)C1.N. The largest absolute Gasteiger partial charge is 0.378 e. The highest BCUT2D eigenvalue weighted by molar-refractivity contribution is 5.19. The third-order valence-corrected chi connectivity index (χ3v) is 7.71. The van der Waals surface area contributed by atoms with Crippen LogP contribution in [0.5, 0.6) is 0 Å². The van der Waals surface area contributed by atoms with Crippen molar-refractivity contribution in [3.05, 3.63) is 23.9 Å². The number of hydrogen-bond acceptors (Lipinski definition) is 7. The lowest BCUT2D eigenvalue weighted by Crippen LogP contribution is -2.57. The van der Waals surface area contributed by atoms with Gasteiger partial charge in [0.15, 0.2) is 0 Å². The molecule has 0 bridgehead atoms. The zero-order valence-electron chi connectivity index (χ0n) is 22.0. The van der Waals surface area contributed by atoms with Gasteiger partial charge >= 0.3 is 0 Å². The zero-order valence-corrected chi connectivity index (χ0v) is 22.0. The lowest BCUT2D eigenvalue weighted by Gasteiger charge is -2.47. The minimum Gasteiger partial charge on any atom is -0.378 e. The van der Waals surface area contributed by atoms with Crippen molar-refractivity contribution in [2.75, 3.05) is 39.5 Å². The van der Waals surface area contributed by atoms with Crippen LogP contribution in [0.15, 0.2) is 23.9 Å². The van der Waals surface area contributed by atoms with Gasteiger partial charge in [0.2, 0.25) is 0 Å². The molecule has 0 radical (unpaired) electrons. The van der Waals surface area contributed by atoms with E-state index in [9.17, 15) is 9.50 Å². The van der Waals surface area contributed by atoms with Crippen LogP contribution in [0.1, 0.15) is 72.6 Å². The number of ether oxygens (including phenoxy) is 1. The molecule has 4 atom stereocenters. The summed E-state index contributed by atoms with van der Waals surface area (Å²) in [5.74, 6) is 0.970. The number of piperazine rings is 1. The van der Waals surface area contributed by atoms with Gasteiger partial charge in [-0.2, -0.15) is 5.48 Å². The summed E-state index contributed by atoms with van der Waals surface area (Å²) >= 11 is 0. The highest BCUT2D eigenvalue weighted by atomic mass is 19.1. The second-order valence-electron chi connectivity index (χ2n) is 9.96. The maximum atomic E-state index is 12.9. The Morgan fingerprint density at radius 3 is 2.41 bits per heavy atom. The van der Waals surface area contributed by atoms with Crippen molar-refractivity contribution in [1.82, 2.24) is 21.4 Å². The van der Waals surface area contributed by atoms with Gasteiger partial charge in [-0.3, -0.25) is 4.90 Å². The van der Waals surface area contributed by atoms with Gasteiger partial charge in [-0.1, -0.05) is 39.2 Å². The Morgan fingerprint density at radius 1 is 1.21 bits per heavy atom.